The maximum atomic E-state index is 12.6. The van der Waals surface area contributed by atoms with Crippen LogP contribution in [0.15, 0.2) is 75.9 Å². The number of aromatic hydroxyl groups is 1. The summed E-state index contributed by atoms with van der Waals surface area (Å²) in [6.07, 6.45) is 7.38. The van der Waals surface area contributed by atoms with Gasteiger partial charge < -0.3 is 23.7 Å². The number of ether oxygens (including phenoxy) is 3. The standard InChI is InChI=1S/C21H28O3.C17H14O4/c1-3-20(23)24-19-9-8-18-17-6-4-13-12-14(22)5-7-15(13)16(17)10-11-21(18,19)2;1-19-13-10-6-9-12-14(18)17(20-2)15(21-16(12)13)11-7-4-3-5-8-11/h5,7,12,16-19,22H,3-4,6,8-11H2,1-2H3;3-10H,1-2H3. The van der Waals surface area contributed by atoms with E-state index in [1.807, 2.05) is 49.4 Å². The highest BCUT2D eigenvalue weighted by molar-refractivity contribution is 5.86. The zero-order valence-corrected chi connectivity index (χ0v) is 26.5. The van der Waals surface area contributed by atoms with Gasteiger partial charge in [0.2, 0.25) is 11.2 Å². The van der Waals surface area contributed by atoms with E-state index in [4.69, 9.17) is 18.6 Å². The first-order valence-corrected chi connectivity index (χ1v) is 16.0. The first-order chi connectivity index (χ1) is 21.8. The van der Waals surface area contributed by atoms with E-state index < -0.39 is 0 Å². The third-order valence-electron chi connectivity index (χ3n) is 10.5. The molecule has 3 aliphatic carbocycles. The zero-order chi connectivity index (χ0) is 31.7. The number of rotatable bonds is 5. The monoisotopic (exact) mass is 610 g/mol. The number of carbonyl (C=O) groups excluding carboxylic acids is 1. The van der Waals surface area contributed by atoms with E-state index >= 15 is 0 Å². The van der Waals surface area contributed by atoms with Crippen molar-refractivity contribution in [3.8, 4) is 28.6 Å². The van der Waals surface area contributed by atoms with E-state index in [9.17, 15) is 14.7 Å². The summed E-state index contributed by atoms with van der Waals surface area (Å²) >= 11 is 0. The minimum atomic E-state index is -0.212. The molecule has 1 N–H and O–H groups in total. The van der Waals surface area contributed by atoms with Crippen molar-refractivity contribution >= 4 is 16.9 Å². The Morgan fingerprint density at radius 3 is 2.51 bits per heavy atom. The molecule has 5 unspecified atom stereocenters. The summed E-state index contributed by atoms with van der Waals surface area (Å²) in [7, 11) is 3.01. The molecule has 0 bridgehead atoms. The number of benzene rings is 3. The normalized spacial score (nSPS) is 24.8. The molecule has 0 radical (unpaired) electrons. The minimum absolute atomic E-state index is 0.0477. The predicted octanol–water partition coefficient (Wildman–Crippen LogP) is 8.05. The number of esters is 1. The second-order valence-corrected chi connectivity index (χ2v) is 12.7. The first-order valence-electron chi connectivity index (χ1n) is 16.0. The van der Waals surface area contributed by atoms with Crippen molar-refractivity contribution in [3.63, 3.8) is 0 Å². The van der Waals surface area contributed by atoms with Crippen LogP contribution in [0.5, 0.6) is 17.2 Å². The Balaban J connectivity index is 0.000000160. The van der Waals surface area contributed by atoms with Gasteiger partial charge in [-0.05, 0) is 91.7 Å². The van der Waals surface area contributed by atoms with Crippen LogP contribution in [-0.4, -0.2) is 31.4 Å². The highest BCUT2D eigenvalue weighted by atomic mass is 16.5. The lowest BCUT2D eigenvalue weighted by atomic mass is 9.55. The first kappa shape index (κ1) is 30.8. The average molecular weight is 611 g/mol. The summed E-state index contributed by atoms with van der Waals surface area (Å²) in [6.45, 7) is 4.24. The van der Waals surface area contributed by atoms with E-state index in [-0.39, 0.29) is 28.7 Å². The second-order valence-electron chi connectivity index (χ2n) is 12.7. The fraction of sp³-hybridized carbons (Fsp3) is 0.421. The van der Waals surface area contributed by atoms with Gasteiger partial charge in [0, 0.05) is 17.4 Å². The Kier molecular flexibility index (Phi) is 8.63. The number of aryl methyl sites for hydroxylation is 1. The Morgan fingerprint density at radius 1 is 0.978 bits per heavy atom. The van der Waals surface area contributed by atoms with Crippen LogP contribution < -0.4 is 14.9 Å². The number of carbonyl (C=O) groups is 1. The quantitative estimate of drug-likeness (QED) is 0.229. The maximum Gasteiger partial charge on any atom is 0.305 e. The molecule has 1 aromatic heterocycles. The van der Waals surface area contributed by atoms with Gasteiger partial charge in [0.25, 0.3) is 0 Å². The predicted molar refractivity (Wildman–Crippen MR) is 174 cm³/mol. The largest absolute Gasteiger partial charge is 0.508 e. The van der Waals surface area contributed by atoms with Gasteiger partial charge in [-0.1, -0.05) is 56.3 Å². The van der Waals surface area contributed by atoms with Crippen molar-refractivity contribution in [2.75, 3.05) is 14.2 Å². The summed E-state index contributed by atoms with van der Waals surface area (Å²) in [5, 5.41) is 10.2. The Hall–Kier alpha value is -4.26. The van der Waals surface area contributed by atoms with E-state index in [1.54, 1.807) is 25.3 Å². The van der Waals surface area contributed by atoms with E-state index in [2.05, 4.69) is 13.0 Å². The molecule has 3 aliphatic rings. The molecular formula is C38H42O7. The molecule has 4 aromatic rings. The number of phenols is 1. The molecule has 45 heavy (non-hydrogen) atoms. The van der Waals surface area contributed by atoms with Crippen LogP contribution >= 0.6 is 0 Å². The Bertz CT molecular complexity index is 1740. The van der Waals surface area contributed by atoms with Crippen LogP contribution in [0.25, 0.3) is 22.3 Å². The van der Waals surface area contributed by atoms with E-state index in [0.29, 0.717) is 52.4 Å². The van der Waals surface area contributed by atoms with Gasteiger partial charge in [0.15, 0.2) is 17.1 Å². The number of hydrogen-bond donors (Lipinski definition) is 1. The van der Waals surface area contributed by atoms with Crippen molar-refractivity contribution in [2.24, 2.45) is 17.3 Å². The van der Waals surface area contributed by atoms with Crippen LogP contribution in [0, 0.1) is 17.3 Å². The fourth-order valence-electron chi connectivity index (χ4n) is 8.26. The van der Waals surface area contributed by atoms with Gasteiger partial charge in [0.05, 0.1) is 19.6 Å². The number of phenolic OH excluding ortho intramolecular Hbond substituents is 1. The lowest BCUT2D eigenvalue weighted by Gasteiger charge is -2.50. The van der Waals surface area contributed by atoms with Crippen LogP contribution in [0.2, 0.25) is 0 Å². The number of methoxy groups -OCH3 is 2. The second kappa shape index (κ2) is 12.6. The Labute approximate surface area is 264 Å². The van der Waals surface area contributed by atoms with Crippen LogP contribution in [0.3, 0.4) is 0 Å². The number of hydrogen-bond acceptors (Lipinski definition) is 7. The van der Waals surface area contributed by atoms with Crippen molar-refractivity contribution in [1.29, 1.82) is 0 Å². The molecule has 0 amide bonds. The molecule has 2 fully saturated rings. The van der Waals surface area contributed by atoms with Crippen molar-refractivity contribution in [3.05, 3.63) is 88.1 Å². The smallest absolute Gasteiger partial charge is 0.305 e. The number of fused-ring (bicyclic) bond motifs is 6. The molecule has 0 spiro atoms. The average Bonchev–Trinajstić information content (AvgIpc) is 3.40. The van der Waals surface area contributed by atoms with Crippen LogP contribution in [-0.2, 0) is 16.0 Å². The molecule has 0 aliphatic heterocycles. The van der Waals surface area contributed by atoms with Gasteiger partial charge in [-0.2, -0.15) is 0 Å². The summed E-state index contributed by atoms with van der Waals surface area (Å²) in [5.41, 5.74) is 3.94. The highest BCUT2D eigenvalue weighted by Gasteiger charge is 2.56. The highest BCUT2D eigenvalue weighted by Crippen LogP contribution is 2.61. The summed E-state index contributed by atoms with van der Waals surface area (Å²) in [5.74, 6) is 3.44. The van der Waals surface area contributed by atoms with Crippen LogP contribution in [0.4, 0.5) is 0 Å². The molecule has 1 heterocycles. The van der Waals surface area contributed by atoms with E-state index in [1.165, 1.54) is 37.5 Å². The maximum absolute atomic E-state index is 12.6. The van der Waals surface area contributed by atoms with Crippen molar-refractivity contribution in [2.45, 2.75) is 70.8 Å². The molecule has 7 rings (SSSR count). The van der Waals surface area contributed by atoms with Gasteiger partial charge >= 0.3 is 5.97 Å². The molecule has 3 aromatic carbocycles. The molecule has 7 heteroatoms. The van der Waals surface area contributed by atoms with Crippen molar-refractivity contribution in [1.82, 2.24) is 0 Å². The Morgan fingerprint density at radius 2 is 1.78 bits per heavy atom. The van der Waals surface area contributed by atoms with Gasteiger partial charge in [-0.25, -0.2) is 0 Å². The third kappa shape index (κ3) is 5.58. The summed E-state index contributed by atoms with van der Waals surface area (Å²) in [6, 6.07) is 20.5. The molecule has 7 nitrogen and oxygen atoms in total. The molecule has 236 valence electrons. The minimum Gasteiger partial charge on any atom is -0.508 e. The summed E-state index contributed by atoms with van der Waals surface area (Å²) in [4.78, 5) is 24.4. The number of para-hydroxylation sites is 1. The van der Waals surface area contributed by atoms with Crippen molar-refractivity contribution < 1.29 is 28.5 Å². The zero-order valence-electron chi connectivity index (χ0n) is 26.5. The SMILES string of the molecule is CCC(=O)OC1CCC2C3CCc4cc(O)ccc4C3CCC12C.COc1c(-c2ccccc2)oc2c(OC)cccc2c1=O. The van der Waals surface area contributed by atoms with Gasteiger partial charge in [0.1, 0.15) is 11.9 Å². The third-order valence-corrected chi connectivity index (χ3v) is 10.5. The lowest BCUT2D eigenvalue weighted by molar-refractivity contribution is -0.157. The topological polar surface area (TPSA) is 95.2 Å². The lowest BCUT2D eigenvalue weighted by Crippen LogP contribution is -2.45. The molecule has 2 saturated carbocycles. The molecule has 0 saturated heterocycles. The van der Waals surface area contributed by atoms with Gasteiger partial charge in [-0.15, -0.1) is 0 Å². The van der Waals surface area contributed by atoms with E-state index in [0.717, 1.165) is 24.8 Å². The van der Waals surface area contributed by atoms with Gasteiger partial charge in [-0.3, -0.25) is 9.59 Å². The molecular weight excluding hydrogens is 568 g/mol. The fourth-order valence-corrected chi connectivity index (χ4v) is 8.26. The van der Waals surface area contributed by atoms with Crippen LogP contribution in [0.1, 0.15) is 69.4 Å². The molecule has 5 atom stereocenters. The summed E-state index contributed by atoms with van der Waals surface area (Å²) < 4.78 is 22.3.